The number of likely N-dealkylation sites (tertiary alicyclic amines) is 1. The second kappa shape index (κ2) is 4.40. The molecule has 0 saturated carbocycles. The van der Waals surface area contributed by atoms with Crippen LogP contribution >= 0.6 is 12.2 Å². The van der Waals surface area contributed by atoms with E-state index in [0.717, 1.165) is 18.8 Å². The molecule has 1 saturated heterocycles. The quantitative estimate of drug-likeness (QED) is 0.575. The van der Waals surface area contributed by atoms with E-state index in [9.17, 15) is 0 Å². The average molecular weight is 185 g/mol. The molecule has 0 unspecified atom stereocenters. The molecule has 0 bridgehead atoms. The van der Waals surface area contributed by atoms with Gasteiger partial charge in [-0.1, -0.05) is 6.42 Å². The zero-order valence-corrected chi connectivity index (χ0v) is 8.23. The van der Waals surface area contributed by atoms with Crippen LogP contribution in [0.5, 0.6) is 0 Å². The number of amidine groups is 1. The normalized spacial score (nSPS) is 22.4. The van der Waals surface area contributed by atoms with Crippen molar-refractivity contribution in [1.29, 1.82) is 0 Å². The molecule has 3 nitrogen and oxygen atoms in total. The molecular formula is C8H15N3S. The Morgan fingerprint density at radius 2 is 2.25 bits per heavy atom. The van der Waals surface area contributed by atoms with Gasteiger partial charge < -0.3 is 10.6 Å². The van der Waals surface area contributed by atoms with Crippen molar-refractivity contribution in [3.63, 3.8) is 0 Å². The highest BCUT2D eigenvalue weighted by molar-refractivity contribution is 7.80. The highest BCUT2D eigenvalue weighted by atomic mass is 32.1. The molecule has 1 fully saturated rings. The third-order valence-corrected chi connectivity index (χ3v) is 2.17. The largest absolute Gasteiger partial charge is 0.374 e. The molecule has 0 aliphatic carbocycles. The summed E-state index contributed by atoms with van der Waals surface area (Å²) in [4.78, 5) is 6.27. The first-order chi connectivity index (χ1) is 5.70. The number of hydrogen-bond donors (Lipinski definition) is 1. The van der Waals surface area contributed by atoms with Crippen LogP contribution in [0.15, 0.2) is 4.99 Å². The van der Waals surface area contributed by atoms with Crippen LogP contribution < -0.4 is 5.73 Å². The molecule has 0 spiro atoms. The molecule has 0 atom stereocenters. The Labute approximate surface area is 78.6 Å². The molecule has 0 aromatic heterocycles. The standard InChI is InChI=1S/C8H15N3S/c1-11-6-4-2-3-5-7(11)10-8(9)12/h2-6H2,1H3,(H2,9,12)/b10-7+. The smallest absolute Gasteiger partial charge is 0.191 e. The van der Waals surface area contributed by atoms with E-state index >= 15 is 0 Å². The third-order valence-electron chi connectivity index (χ3n) is 2.07. The van der Waals surface area contributed by atoms with Crippen LogP contribution in [0.3, 0.4) is 0 Å². The van der Waals surface area contributed by atoms with Gasteiger partial charge in [0.25, 0.3) is 0 Å². The van der Waals surface area contributed by atoms with E-state index in [2.05, 4.69) is 9.89 Å². The maximum absolute atomic E-state index is 5.35. The number of nitrogens with two attached hydrogens (primary N) is 1. The Bertz CT molecular complexity index is 200. The SMILES string of the molecule is CN1CCCCC/C1=N\C(N)=S. The lowest BCUT2D eigenvalue weighted by Gasteiger charge is -2.17. The van der Waals surface area contributed by atoms with Gasteiger partial charge in [0.15, 0.2) is 5.11 Å². The molecule has 0 aromatic rings. The Morgan fingerprint density at radius 3 is 2.92 bits per heavy atom. The van der Waals surface area contributed by atoms with Gasteiger partial charge in [-0.3, -0.25) is 0 Å². The highest BCUT2D eigenvalue weighted by Crippen LogP contribution is 2.10. The fraction of sp³-hybridized carbons (Fsp3) is 0.750. The lowest BCUT2D eigenvalue weighted by Crippen LogP contribution is -2.27. The summed E-state index contributed by atoms with van der Waals surface area (Å²) in [6.45, 7) is 1.07. The van der Waals surface area contributed by atoms with E-state index in [-0.39, 0.29) is 5.11 Å². The van der Waals surface area contributed by atoms with Gasteiger partial charge in [-0.25, -0.2) is 4.99 Å². The van der Waals surface area contributed by atoms with Gasteiger partial charge in [0.2, 0.25) is 0 Å². The van der Waals surface area contributed by atoms with Crippen LogP contribution in [0.4, 0.5) is 0 Å². The van der Waals surface area contributed by atoms with Crippen molar-refractivity contribution in [3.8, 4) is 0 Å². The van der Waals surface area contributed by atoms with Gasteiger partial charge in [0, 0.05) is 20.0 Å². The van der Waals surface area contributed by atoms with E-state index in [1.54, 1.807) is 0 Å². The van der Waals surface area contributed by atoms with Crippen molar-refractivity contribution in [2.75, 3.05) is 13.6 Å². The zero-order chi connectivity index (χ0) is 8.97. The second-order valence-corrected chi connectivity index (χ2v) is 3.52. The fourth-order valence-corrected chi connectivity index (χ4v) is 1.50. The minimum atomic E-state index is 0.249. The molecule has 0 amide bonds. The summed E-state index contributed by atoms with van der Waals surface area (Å²) in [5.41, 5.74) is 5.35. The van der Waals surface area contributed by atoms with E-state index in [1.165, 1.54) is 19.3 Å². The molecule has 12 heavy (non-hydrogen) atoms. The van der Waals surface area contributed by atoms with Crippen molar-refractivity contribution in [2.45, 2.75) is 25.7 Å². The summed E-state index contributed by atoms with van der Waals surface area (Å²) in [6, 6.07) is 0. The van der Waals surface area contributed by atoms with Crippen molar-refractivity contribution in [1.82, 2.24) is 4.90 Å². The Kier molecular flexibility index (Phi) is 3.47. The van der Waals surface area contributed by atoms with Gasteiger partial charge in [-0.05, 0) is 25.1 Å². The maximum atomic E-state index is 5.35. The highest BCUT2D eigenvalue weighted by Gasteiger charge is 2.10. The Morgan fingerprint density at radius 1 is 1.50 bits per heavy atom. The summed E-state index contributed by atoms with van der Waals surface area (Å²) in [6.07, 6.45) is 4.73. The molecule has 1 heterocycles. The molecule has 1 rings (SSSR count). The summed E-state index contributed by atoms with van der Waals surface area (Å²) in [5, 5.41) is 0.249. The molecule has 4 heteroatoms. The van der Waals surface area contributed by atoms with Crippen molar-refractivity contribution >= 4 is 23.2 Å². The van der Waals surface area contributed by atoms with Gasteiger partial charge in [0.05, 0.1) is 0 Å². The minimum absolute atomic E-state index is 0.249. The molecular weight excluding hydrogens is 170 g/mol. The predicted octanol–water partition coefficient (Wildman–Crippen LogP) is 1.13. The first kappa shape index (κ1) is 9.45. The molecule has 0 radical (unpaired) electrons. The van der Waals surface area contributed by atoms with Crippen LogP contribution in [0.1, 0.15) is 25.7 Å². The summed E-state index contributed by atoms with van der Waals surface area (Å²) < 4.78 is 0. The lowest BCUT2D eigenvalue weighted by molar-refractivity contribution is 0.495. The number of aliphatic imine (C=N–C) groups is 1. The molecule has 1 aliphatic rings. The van der Waals surface area contributed by atoms with Gasteiger partial charge in [-0.2, -0.15) is 0 Å². The van der Waals surface area contributed by atoms with Crippen LogP contribution in [0.25, 0.3) is 0 Å². The number of hydrogen-bond acceptors (Lipinski definition) is 1. The Hall–Kier alpha value is -0.640. The monoisotopic (exact) mass is 185 g/mol. The van der Waals surface area contributed by atoms with Crippen LogP contribution in [-0.2, 0) is 0 Å². The summed E-state index contributed by atoms with van der Waals surface area (Å²) in [7, 11) is 2.04. The van der Waals surface area contributed by atoms with Gasteiger partial charge in [0.1, 0.15) is 5.84 Å². The number of nitrogens with zero attached hydrogens (tertiary/aromatic N) is 2. The number of rotatable bonds is 0. The van der Waals surface area contributed by atoms with Crippen LogP contribution in [0, 0.1) is 0 Å². The minimum Gasteiger partial charge on any atom is -0.374 e. The van der Waals surface area contributed by atoms with Crippen LogP contribution in [0.2, 0.25) is 0 Å². The summed E-state index contributed by atoms with van der Waals surface area (Å²) >= 11 is 4.74. The van der Waals surface area contributed by atoms with Crippen molar-refractivity contribution < 1.29 is 0 Å². The molecule has 68 valence electrons. The number of thiocarbonyl (C=S) groups is 1. The predicted molar refractivity (Wildman–Crippen MR) is 55.3 cm³/mol. The van der Waals surface area contributed by atoms with Gasteiger partial charge >= 0.3 is 0 Å². The van der Waals surface area contributed by atoms with E-state index in [4.69, 9.17) is 18.0 Å². The van der Waals surface area contributed by atoms with Gasteiger partial charge in [-0.15, -0.1) is 0 Å². The third kappa shape index (κ3) is 2.77. The Balaban J connectivity index is 2.64. The molecule has 2 N–H and O–H groups in total. The van der Waals surface area contributed by atoms with Crippen molar-refractivity contribution in [3.05, 3.63) is 0 Å². The van der Waals surface area contributed by atoms with Crippen LogP contribution in [-0.4, -0.2) is 29.4 Å². The fourth-order valence-electron chi connectivity index (χ4n) is 1.40. The topological polar surface area (TPSA) is 41.6 Å². The second-order valence-electron chi connectivity index (χ2n) is 3.10. The summed E-state index contributed by atoms with van der Waals surface area (Å²) in [5.74, 6) is 1.04. The van der Waals surface area contributed by atoms with E-state index in [1.807, 2.05) is 7.05 Å². The first-order valence-electron chi connectivity index (χ1n) is 4.28. The maximum Gasteiger partial charge on any atom is 0.191 e. The first-order valence-corrected chi connectivity index (χ1v) is 4.69. The molecule has 0 aromatic carbocycles. The van der Waals surface area contributed by atoms with Crippen molar-refractivity contribution in [2.24, 2.45) is 10.7 Å². The average Bonchev–Trinajstić information content (AvgIpc) is 2.16. The van der Waals surface area contributed by atoms with E-state index in [0.29, 0.717) is 0 Å². The lowest BCUT2D eigenvalue weighted by atomic mass is 10.2. The zero-order valence-electron chi connectivity index (χ0n) is 7.42. The molecule has 1 aliphatic heterocycles. The van der Waals surface area contributed by atoms with E-state index < -0.39 is 0 Å².